The van der Waals surface area contributed by atoms with Crippen LogP contribution in [0.2, 0.25) is 5.02 Å². The molecule has 7 nitrogen and oxygen atoms in total. The van der Waals surface area contributed by atoms with Gasteiger partial charge in [0.25, 0.3) is 11.8 Å². The lowest BCUT2D eigenvalue weighted by atomic mass is 10.1. The van der Waals surface area contributed by atoms with E-state index in [-0.39, 0.29) is 17.6 Å². The molecule has 2 heterocycles. The van der Waals surface area contributed by atoms with Gasteiger partial charge in [0.15, 0.2) is 11.5 Å². The lowest BCUT2D eigenvalue weighted by Crippen LogP contribution is -2.30. The van der Waals surface area contributed by atoms with Crippen LogP contribution in [0.3, 0.4) is 0 Å². The second-order valence-corrected chi connectivity index (χ2v) is 6.49. The maximum atomic E-state index is 12.7. The highest BCUT2D eigenvalue weighted by Gasteiger charge is 2.27. The summed E-state index contributed by atoms with van der Waals surface area (Å²) in [6, 6.07) is 6.85. The number of imidazole rings is 1. The Balaban J connectivity index is 1.83. The van der Waals surface area contributed by atoms with Crippen LogP contribution in [0.5, 0.6) is 0 Å². The van der Waals surface area contributed by atoms with Crippen molar-refractivity contribution >= 4 is 29.1 Å². The molecular weight excluding hydrogens is 356 g/mol. The van der Waals surface area contributed by atoms with Crippen molar-refractivity contribution < 1.29 is 14.3 Å². The summed E-state index contributed by atoms with van der Waals surface area (Å²) < 4.78 is 6.79. The van der Waals surface area contributed by atoms with Crippen molar-refractivity contribution in [2.45, 2.75) is 25.8 Å². The molecule has 0 radical (unpaired) electrons. The normalized spacial score (nSPS) is 13.2. The molecule has 3 rings (SSSR count). The van der Waals surface area contributed by atoms with Gasteiger partial charge in [-0.2, -0.15) is 0 Å². The standard InChI is InChI=1S/C18H21ClN4O3/c1-26-11-9-20-18(25)16-22-15(14-4-2-3-10-23(14)16)17(24)21-13-7-5-12(19)6-8-13/h5-8H,2-4,9-11H2,1H3,(H,20,25)(H,21,24). The molecular formula is C18H21ClN4O3. The number of fused-ring (bicyclic) bond motifs is 1. The summed E-state index contributed by atoms with van der Waals surface area (Å²) in [4.78, 5) is 29.5. The fourth-order valence-electron chi connectivity index (χ4n) is 2.97. The van der Waals surface area contributed by atoms with Crippen LogP contribution in [0, 0.1) is 0 Å². The molecule has 138 valence electrons. The highest BCUT2D eigenvalue weighted by atomic mass is 35.5. The van der Waals surface area contributed by atoms with Gasteiger partial charge in [-0.3, -0.25) is 9.59 Å². The Bertz CT molecular complexity index is 802. The Hall–Kier alpha value is -2.38. The Morgan fingerprint density at radius 1 is 1.23 bits per heavy atom. The topological polar surface area (TPSA) is 85.2 Å². The monoisotopic (exact) mass is 376 g/mol. The van der Waals surface area contributed by atoms with Crippen molar-refractivity contribution in [3.8, 4) is 0 Å². The van der Waals surface area contributed by atoms with Crippen LogP contribution in [0.4, 0.5) is 5.69 Å². The number of anilines is 1. The fraction of sp³-hybridized carbons (Fsp3) is 0.389. The van der Waals surface area contributed by atoms with E-state index in [2.05, 4.69) is 15.6 Å². The number of hydrogen-bond donors (Lipinski definition) is 2. The number of nitrogens with zero attached hydrogens (tertiary/aromatic N) is 2. The van der Waals surface area contributed by atoms with Crippen LogP contribution < -0.4 is 10.6 Å². The molecule has 2 aromatic rings. The third-order valence-electron chi connectivity index (χ3n) is 4.23. The Kier molecular flexibility index (Phi) is 5.90. The first-order valence-electron chi connectivity index (χ1n) is 8.53. The summed E-state index contributed by atoms with van der Waals surface area (Å²) in [6.07, 6.45) is 2.65. The molecule has 0 saturated carbocycles. The van der Waals surface area contributed by atoms with E-state index < -0.39 is 0 Å². The molecule has 2 amide bonds. The van der Waals surface area contributed by atoms with Crippen molar-refractivity contribution in [1.29, 1.82) is 0 Å². The minimum absolute atomic E-state index is 0.275. The van der Waals surface area contributed by atoms with Gasteiger partial charge in [0.1, 0.15) is 0 Å². The molecule has 1 aliphatic heterocycles. The first kappa shape index (κ1) is 18.4. The number of benzene rings is 1. The quantitative estimate of drug-likeness (QED) is 0.758. The van der Waals surface area contributed by atoms with Crippen LogP contribution in [0.15, 0.2) is 24.3 Å². The number of methoxy groups -OCH3 is 1. The highest BCUT2D eigenvalue weighted by molar-refractivity contribution is 6.30. The third-order valence-corrected chi connectivity index (χ3v) is 4.48. The number of carbonyl (C=O) groups is 2. The molecule has 1 aromatic carbocycles. The van der Waals surface area contributed by atoms with Crippen LogP contribution in [-0.2, 0) is 17.7 Å². The predicted molar refractivity (Wildman–Crippen MR) is 98.8 cm³/mol. The zero-order valence-electron chi connectivity index (χ0n) is 14.5. The van der Waals surface area contributed by atoms with Crippen molar-refractivity contribution in [3.05, 3.63) is 46.5 Å². The summed E-state index contributed by atoms with van der Waals surface area (Å²) in [6.45, 7) is 1.50. The molecule has 0 fully saturated rings. The number of rotatable bonds is 6. The Morgan fingerprint density at radius 2 is 2.00 bits per heavy atom. The van der Waals surface area contributed by atoms with Gasteiger partial charge in [0.2, 0.25) is 0 Å². The van der Waals surface area contributed by atoms with Crippen molar-refractivity contribution in [2.75, 3.05) is 25.6 Å². The predicted octanol–water partition coefficient (Wildman–Crippen LogP) is 2.50. The van der Waals surface area contributed by atoms with Gasteiger partial charge in [-0.25, -0.2) is 4.98 Å². The number of amides is 2. The average Bonchev–Trinajstić information content (AvgIpc) is 3.04. The summed E-state index contributed by atoms with van der Waals surface area (Å²) in [7, 11) is 1.57. The lowest BCUT2D eigenvalue weighted by Gasteiger charge is -2.17. The fourth-order valence-corrected chi connectivity index (χ4v) is 3.09. The largest absolute Gasteiger partial charge is 0.383 e. The second-order valence-electron chi connectivity index (χ2n) is 6.05. The summed E-state index contributed by atoms with van der Waals surface area (Å²) in [5, 5.41) is 6.17. The summed E-state index contributed by atoms with van der Waals surface area (Å²) >= 11 is 5.87. The summed E-state index contributed by atoms with van der Waals surface area (Å²) in [5.41, 5.74) is 1.74. The maximum absolute atomic E-state index is 12.7. The molecule has 26 heavy (non-hydrogen) atoms. The molecule has 0 aliphatic carbocycles. The van der Waals surface area contributed by atoms with Crippen LogP contribution in [-0.4, -0.2) is 41.6 Å². The average molecular weight is 377 g/mol. The van der Waals surface area contributed by atoms with Crippen molar-refractivity contribution in [3.63, 3.8) is 0 Å². The molecule has 0 spiro atoms. The van der Waals surface area contributed by atoms with E-state index in [9.17, 15) is 9.59 Å². The van der Waals surface area contributed by atoms with Crippen molar-refractivity contribution in [1.82, 2.24) is 14.9 Å². The first-order valence-corrected chi connectivity index (χ1v) is 8.91. The Morgan fingerprint density at radius 3 is 2.73 bits per heavy atom. The van der Waals surface area contributed by atoms with Crippen LogP contribution in [0.25, 0.3) is 0 Å². The smallest absolute Gasteiger partial charge is 0.287 e. The number of ether oxygens (including phenoxy) is 1. The zero-order chi connectivity index (χ0) is 18.5. The van der Waals surface area contributed by atoms with Gasteiger partial charge in [-0.15, -0.1) is 0 Å². The van der Waals surface area contributed by atoms with Gasteiger partial charge in [0, 0.05) is 30.9 Å². The number of carbonyl (C=O) groups excluding carboxylic acids is 2. The van der Waals surface area contributed by atoms with Crippen molar-refractivity contribution in [2.24, 2.45) is 0 Å². The minimum atomic E-state index is -0.325. The molecule has 0 unspecified atom stereocenters. The van der Waals surface area contributed by atoms with Gasteiger partial charge >= 0.3 is 0 Å². The van der Waals surface area contributed by atoms with E-state index in [4.69, 9.17) is 16.3 Å². The van der Waals surface area contributed by atoms with Crippen LogP contribution in [0.1, 0.15) is 39.6 Å². The molecule has 2 N–H and O–H groups in total. The molecule has 8 heteroatoms. The second kappa shape index (κ2) is 8.33. The van der Waals surface area contributed by atoms with Gasteiger partial charge in [-0.1, -0.05) is 11.6 Å². The van der Waals surface area contributed by atoms with E-state index in [1.54, 1.807) is 31.4 Å². The summed E-state index contributed by atoms with van der Waals surface area (Å²) in [5.74, 6) is -0.346. The highest BCUT2D eigenvalue weighted by Crippen LogP contribution is 2.22. The number of nitrogens with one attached hydrogen (secondary N) is 2. The molecule has 1 aromatic heterocycles. The maximum Gasteiger partial charge on any atom is 0.287 e. The van der Waals surface area contributed by atoms with E-state index >= 15 is 0 Å². The molecule has 0 bridgehead atoms. The van der Waals surface area contributed by atoms with E-state index in [0.717, 1.165) is 25.0 Å². The first-order chi connectivity index (χ1) is 12.6. The SMILES string of the molecule is COCCNC(=O)c1nc(C(=O)Nc2ccc(Cl)cc2)c2n1CCCC2. The van der Waals surface area contributed by atoms with Gasteiger partial charge in [0.05, 0.1) is 12.3 Å². The number of halogens is 1. The zero-order valence-corrected chi connectivity index (χ0v) is 15.3. The van der Waals surface area contributed by atoms with Gasteiger partial charge < -0.3 is 19.9 Å². The molecule has 1 aliphatic rings. The minimum Gasteiger partial charge on any atom is -0.383 e. The van der Waals surface area contributed by atoms with E-state index in [1.807, 2.05) is 4.57 Å². The van der Waals surface area contributed by atoms with Gasteiger partial charge in [-0.05, 0) is 43.5 Å². The van der Waals surface area contributed by atoms with E-state index in [1.165, 1.54) is 0 Å². The lowest BCUT2D eigenvalue weighted by molar-refractivity contribution is 0.0921. The number of aromatic nitrogens is 2. The Labute approximate surface area is 156 Å². The van der Waals surface area contributed by atoms with Crippen LogP contribution >= 0.6 is 11.6 Å². The third kappa shape index (κ3) is 4.05. The molecule has 0 saturated heterocycles. The van der Waals surface area contributed by atoms with E-state index in [0.29, 0.717) is 36.1 Å². The number of hydrogen-bond acceptors (Lipinski definition) is 4. The molecule has 0 atom stereocenters.